The van der Waals surface area contributed by atoms with Crippen LogP contribution in [-0.2, 0) is 11.3 Å². The summed E-state index contributed by atoms with van der Waals surface area (Å²) in [6, 6.07) is 9.09. The van der Waals surface area contributed by atoms with E-state index in [0.29, 0.717) is 35.9 Å². The predicted molar refractivity (Wildman–Crippen MR) is 127 cm³/mol. The number of aromatic carboxylic acids is 1. The van der Waals surface area contributed by atoms with Gasteiger partial charge in [0.1, 0.15) is 23.1 Å². The van der Waals surface area contributed by atoms with E-state index < -0.39 is 5.97 Å². The highest BCUT2D eigenvalue weighted by Crippen LogP contribution is 2.45. The molecule has 2 saturated heterocycles. The smallest absolute Gasteiger partial charge is 0.337 e. The third-order valence-corrected chi connectivity index (χ3v) is 7.64. The molecule has 2 bridgehead atoms. The molecule has 1 aliphatic carbocycles. The van der Waals surface area contributed by atoms with Gasteiger partial charge in [-0.25, -0.2) is 14.2 Å². The van der Waals surface area contributed by atoms with E-state index in [9.17, 15) is 9.18 Å². The first-order valence-electron chi connectivity index (χ1n) is 12.3. The van der Waals surface area contributed by atoms with Gasteiger partial charge in [-0.1, -0.05) is 17.3 Å². The molecule has 4 heterocycles. The number of rotatable bonds is 7. The van der Waals surface area contributed by atoms with Crippen molar-refractivity contribution in [3.05, 3.63) is 64.8 Å². The number of anilines is 1. The van der Waals surface area contributed by atoms with Gasteiger partial charge in [0.05, 0.1) is 18.3 Å². The molecule has 7 nitrogen and oxygen atoms in total. The fourth-order valence-corrected chi connectivity index (χ4v) is 5.76. The molecular weight excluding hydrogens is 449 g/mol. The summed E-state index contributed by atoms with van der Waals surface area (Å²) in [5, 5.41) is 13.4. The Morgan fingerprint density at radius 3 is 2.57 bits per heavy atom. The molecular formula is C27H28FN3O4. The summed E-state index contributed by atoms with van der Waals surface area (Å²) < 4.78 is 26.9. The number of aromatic nitrogens is 2. The Bertz CT molecular complexity index is 1220. The summed E-state index contributed by atoms with van der Waals surface area (Å²) in [6.07, 6.45) is 7.51. The van der Waals surface area contributed by atoms with E-state index in [4.69, 9.17) is 14.4 Å². The Kier molecular flexibility index (Phi) is 5.56. The molecule has 35 heavy (non-hydrogen) atoms. The van der Waals surface area contributed by atoms with E-state index in [2.05, 4.69) is 15.0 Å². The van der Waals surface area contributed by atoms with Crippen molar-refractivity contribution in [1.29, 1.82) is 0 Å². The van der Waals surface area contributed by atoms with Crippen LogP contribution in [0, 0.1) is 12.7 Å². The maximum atomic E-state index is 14.8. The summed E-state index contributed by atoms with van der Waals surface area (Å²) >= 11 is 0. The number of halogens is 1. The second kappa shape index (κ2) is 8.75. The number of fused-ring (bicyclic) bond motifs is 2. The molecule has 3 aromatic rings. The molecule has 2 aliphatic heterocycles. The van der Waals surface area contributed by atoms with Crippen LogP contribution in [0.15, 0.2) is 41.1 Å². The van der Waals surface area contributed by atoms with Crippen molar-refractivity contribution in [2.24, 2.45) is 0 Å². The lowest BCUT2D eigenvalue weighted by Crippen LogP contribution is -2.46. The molecule has 2 aromatic heterocycles. The SMILES string of the molecule is Cc1cccc(F)c1-c1noc(C2CC2)c1CO[C@@H]1C[C@H]2CC[C@@H](C1)N2c1ccc(C(=O)O)cn1. The van der Waals surface area contributed by atoms with Gasteiger partial charge in [-0.05, 0) is 69.2 Å². The van der Waals surface area contributed by atoms with Crippen molar-refractivity contribution in [2.45, 2.75) is 76.2 Å². The van der Waals surface area contributed by atoms with E-state index in [-0.39, 0.29) is 17.5 Å². The summed E-state index contributed by atoms with van der Waals surface area (Å²) in [7, 11) is 0. The van der Waals surface area contributed by atoms with Crippen LogP contribution < -0.4 is 4.90 Å². The molecule has 8 heteroatoms. The zero-order valence-electron chi connectivity index (χ0n) is 19.6. The van der Waals surface area contributed by atoms with E-state index in [1.807, 2.05) is 13.0 Å². The Morgan fingerprint density at radius 2 is 1.94 bits per heavy atom. The number of hydrogen-bond acceptors (Lipinski definition) is 6. The highest BCUT2D eigenvalue weighted by molar-refractivity contribution is 5.87. The largest absolute Gasteiger partial charge is 0.478 e. The van der Waals surface area contributed by atoms with Gasteiger partial charge in [-0.3, -0.25) is 0 Å². The van der Waals surface area contributed by atoms with Crippen LogP contribution in [0.2, 0.25) is 0 Å². The van der Waals surface area contributed by atoms with Gasteiger partial charge in [-0.15, -0.1) is 0 Å². The van der Waals surface area contributed by atoms with E-state index in [0.717, 1.165) is 61.2 Å². The van der Waals surface area contributed by atoms with Crippen LogP contribution in [0.4, 0.5) is 10.2 Å². The Hall–Kier alpha value is -3.26. The first kappa shape index (κ1) is 22.2. The molecule has 3 aliphatic rings. The van der Waals surface area contributed by atoms with Crippen molar-refractivity contribution < 1.29 is 23.6 Å². The average Bonchev–Trinajstić information content (AvgIpc) is 3.55. The second-order valence-corrected chi connectivity index (χ2v) is 9.99. The first-order valence-corrected chi connectivity index (χ1v) is 12.3. The number of aryl methyl sites for hydroxylation is 1. The molecule has 1 aromatic carbocycles. The lowest BCUT2D eigenvalue weighted by Gasteiger charge is -2.39. The minimum Gasteiger partial charge on any atom is -0.478 e. The molecule has 3 atom stereocenters. The average molecular weight is 478 g/mol. The van der Waals surface area contributed by atoms with E-state index >= 15 is 0 Å². The van der Waals surface area contributed by atoms with E-state index in [1.165, 1.54) is 12.3 Å². The van der Waals surface area contributed by atoms with Crippen LogP contribution in [-0.4, -0.2) is 39.4 Å². The summed E-state index contributed by atoms with van der Waals surface area (Å²) in [4.78, 5) is 17.9. The lowest BCUT2D eigenvalue weighted by molar-refractivity contribution is 0.0146. The number of pyridine rings is 1. The molecule has 3 fully saturated rings. The monoisotopic (exact) mass is 477 g/mol. The lowest BCUT2D eigenvalue weighted by atomic mass is 9.98. The van der Waals surface area contributed by atoms with Gasteiger partial charge in [0.25, 0.3) is 0 Å². The standard InChI is InChI=1S/C27H28FN3O4/c1-15-3-2-4-22(28)24(15)25-21(26(35-30-25)16-5-6-16)14-34-20-11-18-8-9-19(12-20)31(18)23-10-7-17(13-29-23)27(32)33/h2-4,7,10,13,16,18-20H,5-6,8-9,11-12,14H2,1H3,(H,32,33)/t18-,19+,20-. The number of carboxylic acid groups (broad SMARTS) is 1. The first-order chi connectivity index (χ1) is 17.0. The van der Waals surface area contributed by atoms with Gasteiger partial charge in [-0.2, -0.15) is 0 Å². The molecule has 0 unspecified atom stereocenters. The highest BCUT2D eigenvalue weighted by atomic mass is 19.1. The number of piperidine rings is 1. The quantitative estimate of drug-likeness (QED) is 0.482. The van der Waals surface area contributed by atoms with Crippen molar-refractivity contribution in [2.75, 3.05) is 4.90 Å². The molecule has 0 radical (unpaired) electrons. The maximum Gasteiger partial charge on any atom is 0.337 e. The number of carbonyl (C=O) groups is 1. The molecule has 182 valence electrons. The van der Waals surface area contributed by atoms with Crippen LogP contribution in [0.1, 0.15) is 71.7 Å². The van der Waals surface area contributed by atoms with Gasteiger partial charge in [0.2, 0.25) is 0 Å². The van der Waals surface area contributed by atoms with Crippen LogP contribution >= 0.6 is 0 Å². The Labute approximate surface area is 202 Å². The number of benzene rings is 1. The maximum absolute atomic E-state index is 14.8. The zero-order chi connectivity index (χ0) is 24.1. The van der Waals surface area contributed by atoms with Crippen LogP contribution in [0.25, 0.3) is 11.3 Å². The van der Waals surface area contributed by atoms with Crippen molar-refractivity contribution in [1.82, 2.24) is 10.1 Å². The van der Waals surface area contributed by atoms with Crippen molar-refractivity contribution in [3.8, 4) is 11.3 Å². The highest BCUT2D eigenvalue weighted by Gasteiger charge is 2.42. The van der Waals surface area contributed by atoms with E-state index in [1.54, 1.807) is 18.2 Å². The minimum atomic E-state index is -0.969. The predicted octanol–water partition coefficient (Wildman–Crippen LogP) is 5.48. The number of carboxylic acids is 1. The zero-order valence-corrected chi connectivity index (χ0v) is 19.6. The molecule has 0 spiro atoms. The Morgan fingerprint density at radius 1 is 1.17 bits per heavy atom. The van der Waals surface area contributed by atoms with Gasteiger partial charge in [0, 0.05) is 35.3 Å². The number of nitrogens with zero attached hydrogens (tertiary/aromatic N) is 3. The third-order valence-electron chi connectivity index (χ3n) is 7.64. The van der Waals surface area contributed by atoms with Gasteiger partial charge < -0.3 is 19.3 Å². The van der Waals surface area contributed by atoms with Gasteiger partial charge in [0.15, 0.2) is 0 Å². The van der Waals surface area contributed by atoms with Crippen LogP contribution in [0.3, 0.4) is 0 Å². The number of ether oxygens (including phenoxy) is 1. The normalized spacial score (nSPS) is 23.6. The number of hydrogen-bond donors (Lipinski definition) is 1. The topological polar surface area (TPSA) is 88.7 Å². The molecule has 0 amide bonds. The second-order valence-electron chi connectivity index (χ2n) is 9.99. The minimum absolute atomic E-state index is 0.0820. The molecule has 1 N–H and O–H groups in total. The van der Waals surface area contributed by atoms with Gasteiger partial charge >= 0.3 is 5.97 Å². The summed E-state index contributed by atoms with van der Waals surface area (Å²) in [5.41, 5.74) is 2.95. The Balaban J connectivity index is 1.19. The fraction of sp³-hybridized carbons (Fsp3) is 0.444. The van der Waals surface area contributed by atoms with Crippen molar-refractivity contribution >= 4 is 11.8 Å². The fourth-order valence-electron chi connectivity index (χ4n) is 5.76. The molecule has 1 saturated carbocycles. The summed E-state index contributed by atoms with van der Waals surface area (Å²) in [6.45, 7) is 2.24. The summed E-state index contributed by atoms with van der Waals surface area (Å²) in [5.74, 6) is 0.747. The molecule has 6 rings (SSSR count). The third kappa shape index (κ3) is 4.10. The van der Waals surface area contributed by atoms with Crippen LogP contribution in [0.5, 0.6) is 0 Å². The van der Waals surface area contributed by atoms with Crippen molar-refractivity contribution in [3.63, 3.8) is 0 Å².